The number of nitrogens with two attached hydrogens (primary N) is 1. The van der Waals surface area contributed by atoms with Gasteiger partial charge in [-0.3, -0.25) is 0 Å². The molecule has 1 rings (SSSR count). The summed E-state index contributed by atoms with van der Waals surface area (Å²) in [5, 5.41) is 0. The van der Waals surface area contributed by atoms with Crippen LogP contribution in [-0.2, 0) is 0 Å². The van der Waals surface area contributed by atoms with Crippen molar-refractivity contribution < 1.29 is 8.78 Å². The summed E-state index contributed by atoms with van der Waals surface area (Å²) < 4.78 is 25.8. The molecule has 0 saturated carbocycles. The molecule has 1 atom stereocenters. The van der Waals surface area contributed by atoms with Gasteiger partial charge in [0.05, 0.1) is 5.92 Å². The highest BCUT2D eigenvalue weighted by Crippen LogP contribution is 2.29. The van der Waals surface area contributed by atoms with Crippen LogP contribution in [0.5, 0.6) is 0 Å². The maximum atomic E-state index is 12.6. The summed E-state index contributed by atoms with van der Waals surface area (Å²) in [4.78, 5) is 0. The second-order valence-electron chi connectivity index (χ2n) is 3.20. The fourth-order valence-electron chi connectivity index (χ4n) is 1.30. The lowest BCUT2D eigenvalue weighted by Gasteiger charge is -2.16. The van der Waals surface area contributed by atoms with Crippen LogP contribution in [0.15, 0.2) is 22.7 Å². The molecule has 0 aliphatic carbocycles. The lowest BCUT2D eigenvalue weighted by Crippen LogP contribution is -2.20. The predicted octanol–water partition coefficient (Wildman–Crippen LogP) is 3.06. The Hall–Kier alpha value is -0.480. The maximum absolute atomic E-state index is 12.6. The summed E-state index contributed by atoms with van der Waals surface area (Å²) in [6.45, 7) is 1.87. The van der Waals surface area contributed by atoms with Gasteiger partial charge in [0.2, 0.25) is 6.43 Å². The summed E-state index contributed by atoms with van der Waals surface area (Å²) in [5.74, 6) is -0.884. The standard InChI is InChI=1S/C10H12BrF2N/c1-6-2-3-7(9(11)4-6)8(5-14)10(12)13/h2-4,8,10H,5,14H2,1H3. The van der Waals surface area contributed by atoms with Crippen molar-refractivity contribution in [3.8, 4) is 0 Å². The predicted molar refractivity (Wildman–Crippen MR) is 56.7 cm³/mol. The van der Waals surface area contributed by atoms with Gasteiger partial charge in [-0.2, -0.15) is 0 Å². The van der Waals surface area contributed by atoms with E-state index in [4.69, 9.17) is 5.73 Å². The van der Waals surface area contributed by atoms with E-state index in [9.17, 15) is 8.78 Å². The Labute approximate surface area is 90.4 Å². The van der Waals surface area contributed by atoms with E-state index in [-0.39, 0.29) is 6.54 Å². The Morgan fingerprint density at radius 2 is 2.07 bits per heavy atom. The summed E-state index contributed by atoms with van der Waals surface area (Å²) in [7, 11) is 0. The molecule has 0 heterocycles. The largest absolute Gasteiger partial charge is 0.330 e. The van der Waals surface area contributed by atoms with Crippen LogP contribution in [-0.4, -0.2) is 13.0 Å². The first-order chi connectivity index (χ1) is 6.56. The van der Waals surface area contributed by atoms with Crippen LogP contribution in [0.2, 0.25) is 0 Å². The van der Waals surface area contributed by atoms with Crippen molar-refractivity contribution in [3.05, 3.63) is 33.8 Å². The molecule has 0 bridgehead atoms. The Kier molecular flexibility index (Phi) is 4.01. The third kappa shape index (κ3) is 2.51. The van der Waals surface area contributed by atoms with Gasteiger partial charge in [-0.25, -0.2) is 8.78 Å². The van der Waals surface area contributed by atoms with Crippen LogP contribution in [0, 0.1) is 6.92 Å². The molecule has 0 fully saturated rings. The first kappa shape index (κ1) is 11.6. The van der Waals surface area contributed by atoms with E-state index in [0.29, 0.717) is 10.0 Å². The fourth-order valence-corrected chi connectivity index (χ4v) is 2.09. The summed E-state index contributed by atoms with van der Waals surface area (Å²) >= 11 is 3.27. The molecule has 1 aromatic rings. The van der Waals surface area contributed by atoms with Gasteiger partial charge >= 0.3 is 0 Å². The lowest BCUT2D eigenvalue weighted by molar-refractivity contribution is 0.117. The van der Waals surface area contributed by atoms with Gasteiger partial charge in [0, 0.05) is 11.0 Å². The Morgan fingerprint density at radius 3 is 2.50 bits per heavy atom. The highest BCUT2D eigenvalue weighted by Gasteiger charge is 2.22. The molecular weight excluding hydrogens is 252 g/mol. The van der Waals surface area contributed by atoms with Gasteiger partial charge in [0.15, 0.2) is 0 Å². The quantitative estimate of drug-likeness (QED) is 0.892. The Balaban J connectivity index is 3.04. The van der Waals surface area contributed by atoms with E-state index >= 15 is 0 Å². The number of hydrogen-bond acceptors (Lipinski definition) is 1. The van der Waals surface area contributed by atoms with Crippen molar-refractivity contribution in [2.75, 3.05) is 6.54 Å². The van der Waals surface area contributed by atoms with E-state index in [1.165, 1.54) is 0 Å². The second-order valence-corrected chi connectivity index (χ2v) is 4.06. The van der Waals surface area contributed by atoms with E-state index in [0.717, 1.165) is 5.56 Å². The molecule has 2 N–H and O–H groups in total. The molecule has 0 aromatic heterocycles. The molecule has 4 heteroatoms. The zero-order valence-corrected chi connectivity index (χ0v) is 9.39. The number of benzene rings is 1. The van der Waals surface area contributed by atoms with Gasteiger partial charge in [0.25, 0.3) is 0 Å². The van der Waals surface area contributed by atoms with Crippen LogP contribution in [0.1, 0.15) is 17.0 Å². The van der Waals surface area contributed by atoms with Gasteiger partial charge in [-0.15, -0.1) is 0 Å². The second kappa shape index (κ2) is 4.84. The number of rotatable bonds is 3. The minimum Gasteiger partial charge on any atom is -0.330 e. The molecule has 0 radical (unpaired) electrons. The number of alkyl halides is 2. The van der Waals surface area contributed by atoms with Crippen molar-refractivity contribution in [3.63, 3.8) is 0 Å². The first-order valence-corrected chi connectivity index (χ1v) is 5.09. The molecule has 0 amide bonds. The molecule has 1 aromatic carbocycles. The van der Waals surface area contributed by atoms with E-state index in [2.05, 4.69) is 15.9 Å². The van der Waals surface area contributed by atoms with Gasteiger partial charge in [-0.05, 0) is 24.1 Å². The molecule has 1 unspecified atom stereocenters. The van der Waals surface area contributed by atoms with Crippen LogP contribution in [0.25, 0.3) is 0 Å². The number of hydrogen-bond donors (Lipinski definition) is 1. The van der Waals surface area contributed by atoms with Gasteiger partial charge in [-0.1, -0.05) is 28.1 Å². The average Bonchev–Trinajstić information content (AvgIpc) is 2.09. The molecule has 78 valence electrons. The SMILES string of the molecule is Cc1ccc(C(CN)C(F)F)c(Br)c1. The van der Waals surface area contributed by atoms with Crippen LogP contribution >= 0.6 is 15.9 Å². The molecule has 0 aliphatic rings. The molecule has 14 heavy (non-hydrogen) atoms. The zero-order chi connectivity index (χ0) is 10.7. The summed E-state index contributed by atoms with van der Waals surface area (Å²) in [6.07, 6.45) is -2.42. The highest BCUT2D eigenvalue weighted by molar-refractivity contribution is 9.10. The minimum absolute atomic E-state index is 0.0423. The van der Waals surface area contributed by atoms with Crippen LogP contribution < -0.4 is 5.73 Å². The topological polar surface area (TPSA) is 26.0 Å². The smallest absolute Gasteiger partial charge is 0.246 e. The number of aryl methyl sites for hydroxylation is 1. The molecule has 0 saturated heterocycles. The van der Waals surface area contributed by atoms with Crippen molar-refractivity contribution in [1.29, 1.82) is 0 Å². The summed E-state index contributed by atoms with van der Waals surface area (Å²) in [6, 6.07) is 5.33. The minimum atomic E-state index is -2.42. The monoisotopic (exact) mass is 263 g/mol. The molecule has 0 spiro atoms. The van der Waals surface area contributed by atoms with E-state index in [1.54, 1.807) is 6.07 Å². The number of halogens is 3. The highest BCUT2D eigenvalue weighted by atomic mass is 79.9. The van der Waals surface area contributed by atoms with Crippen molar-refractivity contribution in [2.45, 2.75) is 19.3 Å². The Morgan fingerprint density at radius 1 is 1.43 bits per heavy atom. The first-order valence-electron chi connectivity index (χ1n) is 4.30. The van der Waals surface area contributed by atoms with Crippen molar-refractivity contribution >= 4 is 15.9 Å². The van der Waals surface area contributed by atoms with Crippen LogP contribution in [0.4, 0.5) is 8.78 Å². The normalized spacial score (nSPS) is 13.3. The van der Waals surface area contributed by atoms with Crippen molar-refractivity contribution in [1.82, 2.24) is 0 Å². The lowest BCUT2D eigenvalue weighted by atomic mass is 9.99. The van der Waals surface area contributed by atoms with Crippen molar-refractivity contribution in [2.24, 2.45) is 5.73 Å². The van der Waals surface area contributed by atoms with Crippen LogP contribution in [0.3, 0.4) is 0 Å². The molecule has 0 aliphatic heterocycles. The van der Waals surface area contributed by atoms with Gasteiger partial charge in [0.1, 0.15) is 0 Å². The average molecular weight is 264 g/mol. The molecule has 1 nitrogen and oxygen atoms in total. The molecular formula is C10H12BrF2N. The Bertz CT molecular complexity index is 315. The third-order valence-electron chi connectivity index (χ3n) is 2.11. The fraction of sp³-hybridized carbons (Fsp3) is 0.400. The van der Waals surface area contributed by atoms with E-state index < -0.39 is 12.3 Å². The summed E-state index contributed by atoms with van der Waals surface area (Å²) in [5.41, 5.74) is 6.92. The maximum Gasteiger partial charge on any atom is 0.246 e. The zero-order valence-electron chi connectivity index (χ0n) is 7.81. The van der Waals surface area contributed by atoms with E-state index in [1.807, 2.05) is 19.1 Å². The van der Waals surface area contributed by atoms with Gasteiger partial charge < -0.3 is 5.73 Å². The third-order valence-corrected chi connectivity index (χ3v) is 2.80.